The molecule has 1 aliphatic heterocycles. The van der Waals surface area contributed by atoms with Gasteiger partial charge in [0.05, 0.1) is 9.75 Å². The highest BCUT2D eigenvalue weighted by atomic mass is 32.1. The van der Waals surface area contributed by atoms with Crippen molar-refractivity contribution in [2.45, 2.75) is 32.4 Å². The van der Waals surface area contributed by atoms with Gasteiger partial charge in [0, 0.05) is 32.7 Å². The molecule has 0 atom stereocenters. The Labute approximate surface area is 158 Å². The lowest BCUT2D eigenvalue weighted by molar-refractivity contribution is -0.156. The molecule has 2 aromatic heterocycles. The van der Waals surface area contributed by atoms with Crippen LogP contribution < -0.4 is 0 Å². The summed E-state index contributed by atoms with van der Waals surface area (Å²) in [6, 6.07) is 3.26. The lowest BCUT2D eigenvalue weighted by Crippen LogP contribution is -2.35. The highest BCUT2D eigenvalue weighted by Gasteiger charge is 2.39. The van der Waals surface area contributed by atoms with Gasteiger partial charge in [-0.25, -0.2) is 0 Å². The van der Waals surface area contributed by atoms with Gasteiger partial charge in [0.15, 0.2) is 0 Å². The second kappa shape index (κ2) is 8.83. The van der Waals surface area contributed by atoms with Crippen LogP contribution in [0, 0.1) is 6.92 Å². The van der Waals surface area contributed by atoms with Gasteiger partial charge in [-0.2, -0.15) is 18.3 Å². The zero-order valence-corrected chi connectivity index (χ0v) is 16.1. The van der Waals surface area contributed by atoms with Gasteiger partial charge in [0.2, 0.25) is 5.76 Å². The number of amides is 1. The van der Waals surface area contributed by atoms with E-state index in [2.05, 4.69) is 9.68 Å². The third kappa shape index (κ3) is 5.52. The molecule has 0 unspecified atom stereocenters. The molecule has 0 bridgehead atoms. The smallest absolute Gasteiger partial charge is 0.351 e. The first-order chi connectivity index (χ1) is 12.6. The Morgan fingerprint density at radius 3 is 2.33 bits per heavy atom. The van der Waals surface area contributed by atoms with Crippen LogP contribution in [-0.4, -0.2) is 48.3 Å². The Hall–Kier alpha value is -1.94. The van der Waals surface area contributed by atoms with Crippen LogP contribution in [0.15, 0.2) is 16.7 Å². The quantitative estimate of drug-likeness (QED) is 0.531. The molecule has 2 aromatic rings. The van der Waals surface area contributed by atoms with E-state index in [1.54, 1.807) is 17.0 Å². The highest BCUT2D eigenvalue weighted by molar-refractivity contribution is 7.17. The number of halogens is 4. The zero-order valence-electron chi connectivity index (χ0n) is 15.3. The van der Waals surface area contributed by atoms with E-state index in [4.69, 9.17) is 0 Å². The van der Waals surface area contributed by atoms with Crippen LogP contribution in [0.1, 0.15) is 40.3 Å². The first kappa shape index (κ1) is 21.4. The average Bonchev–Trinajstić information content (AvgIpc) is 3.20. The molecule has 1 aliphatic rings. The van der Waals surface area contributed by atoms with E-state index in [-0.39, 0.29) is 17.2 Å². The fraction of sp³-hybridized carbons (Fsp3) is 0.529. The number of nitrogens with zero attached hydrogens (tertiary/aromatic N) is 3. The molecule has 10 heteroatoms. The Balaban J connectivity index is 0.000000596. The van der Waals surface area contributed by atoms with E-state index in [0.29, 0.717) is 14.9 Å². The van der Waals surface area contributed by atoms with E-state index in [9.17, 15) is 22.4 Å². The number of alkyl halides is 3. The maximum Gasteiger partial charge on any atom is 0.452 e. The predicted molar refractivity (Wildman–Crippen MR) is 94.1 cm³/mol. The van der Waals surface area contributed by atoms with Crippen molar-refractivity contribution in [2.24, 2.45) is 0 Å². The first-order valence-electron chi connectivity index (χ1n) is 8.37. The van der Waals surface area contributed by atoms with Crippen molar-refractivity contribution in [1.29, 1.82) is 0 Å². The summed E-state index contributed by atoms with van der Waals surface area (Å²) in [4.78, 5) is 15.2. The number of likely N-dealkylation sites (tertiary alicyclic amines) is 1. The van der Waals surface area contributed by atoms with Crippen molar-refractivity contribution in [3.8, 4) is 10.6 Å². The van der Waals surface area contributed by atoms with Gasteiger partial charge in [-0.15, -0.1) is 15.8 Å². The van der Waals surface area contributed by atoms with Crippen molar-refractivity contribution >= 4 is 17.2 Å². The van der Waals surface area contributed by atoms with Crippen LogP contribution in [0.25, 0.3) is 10.6 Å². The van der Waals surface area contributed by atoms with Crippen molar-refractivity contribution < 1.29 is 27.0 Å². The Morgan fingerprint density at radius 1 is 1.22 bits per heavy atom. The SMILES string of the molecule is CN(C)F.Cc1c(-c2ccc(C(=O)N3CCCCC3)s2)noc1C(F)(F)F. The molecule has 3 heterocycles. The normalized spacial score (nSPS) is 14.9. The second-order valence-electron chi connectivity index (χ2n) is 6.29. The molecule has 0 N–H and O–H groups in total. The van der Waals surface area contributed by atoms with Gasteiger partial charge in [0.1, 0.15) is 5.69 Å². The lowest BCUT2D eigenvalue weighted by atomic mass is 10.1. The summed E-state index contributed by atoms with van der Waals surface area (Å²) < 4.78 is 53.6. The molecule has 3 rings (SSSR count). The van der Waals surface area contributed by atoms with E-state index < -0.39 is 11.9 Å². The molecule has 1 fully saturated rings. The largest absolute Gasteiger partial charge is 0.452 e. The fourth-order valence-corrected chi connectivity index (χ4v) is 3.68. The minimum absolute atomic E-state index is 0.0590. The maximum atomic E-state index is 12.8. The third-order valence-electron chi connectivity index (χ3n) is 3.87. The van der Waals surface area contributed by atoms with E-state index in [1.807, 2.05) is 0 Å². The minimum atomic E-state index is -4.57. The topological polar surface area (TPSA) is 49.6 Å². The molecule has 5 nitrogen and oxygen atoms in total. The molecule has 1 amide bonds. The third-order valence-corrected chi connectivity index (χ3v) is 4.95. The zero-order chi connectivity index (χ0) is 20.2. The number of piperidine rings is 1. The number of hydrogen-bond acceptors (Lipinski definition) is 5. The molecular weight excluding hydrogens is 386 g/mol. The summed E-state index contributed by atoms with van der Waals surface area (Å²) in [5.41, 5.74) is 0.0799. The summed E-state index contributed by atoms with van der Waals surface area (Å²) in [5.74, 6) is -1.16. The van der Waals surface area contributed by atoms with Crippen LogP contribution >= 0.6 is 11.3 Å². The van der Waals surface area contributed by atoms with Gasteiger partial charge >= 0.3 is 6.18 Å². The number of rotatable bonds is 2. The molecule has 0 spiro atoms. The monoisotopic (exact) mass is 407 g/mol. The van der Waals surface area contributed by atoms with Crippen molar-refractivity contribution in [2.75, 3.05) is 27.2 Å². The Morgan fingerprint density at radius 2 is 1.81 bits per heavy atom. The van der Waals surface area contributed by atoms with Crippen LogP contribution in [0.3, 0.4) is 0 Å². The van der Waals surface area contributed by atoms with Crippen LogP contribution in [0.2, 0.25) is 0 Å². The van der Waals surface area contributed by atoms with Crippen LogP contribution in [-0.2, 0) is 6.18 Å². The number of carbonyl (C=O) groups excluding carboxylic acids is 1. The molecule has 0 aliphatic carbocycles. The number of hydrogen-bond donors (Lipinski definition) is 0. The Kier molecular flexibility index (Phi) is 6.99. The van der Waals surface area contributed by atoms with Crippen molar-refractivity contribution in [3.05, 3.63) is 28.3 Å². The predicted octanol–water partition coefficient (Wildman–Crippen LogP) is 4.79. The maximum absolute atomic E-state index is 12.8. The van der Waals surface area contributed by atoms with E-state index >= 15 is 0 Å². The highest BCUT2D eigenvalue weighted by Crippen LogP contribution is 2.38. The summed E-state index contributed by atoms with van der Waals surface area (Å²) in [6.45, 7) is 2.78. The average molecular weight is 407 g/mol. The van der Waals surface area contributed by atoms with Crippen LogP contribution in [0.5, 0.6) is 0 Å². The number of thiophene rings is 1. The first-order valence-corrected chi connectivity index (χ1v) is 9.19. The summed E-state index contributed by atoms with van der Waals surface area (Å²) in [5, 5.41) is 4.03. The summed E-state index contributed by atoms with van der Waals surface area (Å²) in [7, 11) is 2.67. The molecule has 0 saturated carbocycles. The molecule has 1 saturated heterocycles. The van der Waals surface area contributed by atoms with E-state index in [1.165, 1.54) is 21.0 Å². The van der Waals surface area contributed by atoms with Gasteiger partial charge in [-0.1, -0.05) is 5.16 Å². The molecule has 27 heavy (non-hydrogen) atoms. The standard InChI is InChI=1S/C15H15F3N2O2S.C2H6FN/c1-9-12(19-22-13(9)15(16,17)18)10-5-6-11(23-10)14(21)20-7-3-2-4-8-20;1-4(2)3/h5-6H,2-4,7-8H2,1H3;1-2H3. The van der Waals surface area contributed by atoms with E-state index in [0.717, 1.165) is 43.7 Å². The summed E-state index contributed by atoms with van der Waals surface area (Å²) in [6.07, 6.45) is -1.47. The number of aromatic nitrogens is 1. The second-order valence-corrected chi connectivity index (χ2v) is 7.37. The lowest BCUT2D eigenvalue weighted by Gasteiger charge is -2.26. The van der Waals surface area contributed by atoms with Gasteiger partial charge in [-0.3, -0.25) is 4.79 Å². The molecular formula is C17H21F4N3O2S. The molecule has 150 valence electrons. The van der Waals surface area contributed by atoms with Gasteiger partial charge in [-0.05, 0) is 38.3 Å². The minimum Gasteiger partial charge on any atom is -0.351 e. The van der Waals surface area contributed by atoms with Crippen molar-refractivity contribution in [3.63, 3.8) is 0 Å². The van der Waals surface area contributed by atoms with Gasteiger partial charge in [0.25, 0.3) is 5.91 Å². The van der Waals surface area contributed by atoms with Crippen LogP contribution in [0.4, 0.5) is 17.7 Å². The molecule has 0 radical (unpaired) electrons. The van der Waals surface area contributed by atoms with Gasteiger partial charge < -0.3 is 9.42 Å². The Bertz CT molecular complexity index is 762. The molecule has 0 aromatic carbocycles. The summed E-state index contributed by atoms with van der Waals surface area (Å²) >= 11 is 1.14. The fourth-order valence-electron chi connectivity index (χ4n) is 2.66. The number of carbonyl (C=O) groups is 1. The van der Waals surface area contributed by atoms with Crippen molar-refractivity contribution in [1.82, 2.24) is 15.2 Å².